The molecule has 1 aromatic heterocycles. The smallest absolute Gasteiger partial charge is 0.264 e. The van der Waals surface area contributed by atoms with E-state index in [0.717, 1.165) is 28.3 Å². The molecule has 0 fully saturated rings. The van der Waals surface area contributed by atoms with Crippen LogP contribution < -0.4 is 10.1 Å². The summed E-state index contributed by atoms with van der Waals surface area (Å²) >= 11 is 0. The van der Waals surface area contributed by atoms with E-state index in [2.05, 4.69) is 29.1 Å². The number of aryl methyl sites for hydroxylation is 3. The van der Waals surface area contributed by atoms with Crippen LogP contribution in [0.2, 0.25) is 0 Å². The van der Waals surface area contributed by atoms with Gasteiger partial charge < -0.3 is 4.74 Å². The summed E-state index contributed by atoms with van der Waals surface area (Å²) in [4.78, 5) is 20.4. The Labute approximate surface area is 137 Å². The average molecular weight is 313 g/mol. The summed E-state index contributed by atoms with van der Waals surface area (Å²) in [6, 6.07) is 7.90. The number of carbonyl (C=O) groups excluding carboxylic acids is 1. The van der Waals surface area contributed by atoms with E-state index >= 15 is 0 Å². The van der Waals surface area contributed by atoms with Crippen LogP contribution in [0.5, 0.6) is 5.75 Å². The van der Waals surface area contributed by atoms with Crippen LogP contribution in [0.4, 0.5) is 5.95 Å². The summed E-state index contributed by atoms with van der Waals surface area (Å²) in [5, 5.41) is 2.67. The zero-order valence-electron chi connectivity index (χ0n) is 14.3. The van der Waals surface area contributed by atoms with Gasteiger partial charge in [0.2, 0.25) is 5.95 Å². The summed E-state index contributed by atoms with van der Waals surface area (Å²) in [6.45, 7) is 9.85. The fourth-order valence-corrected chi connectivity index (χ4v) is 2.33. The normalized spacial score (nSPS) is 10.7. The highest BCUT2D eigenvalue weighted by molar-refractivity contribution is 5.90. The molecule has 0 atom stereocenters. The summed E-state index contributed by atoms with van der Waals surface area (Å²) in [5.74, 6) is 1.11. The first-order valence-corrected chi connectivity index (χ1v) is 7.70. The molecule has 23 heavy (non-hydrogen) atoms. The van der Waals surface area contributed by atoms with Crippen molar-refractivity contribution in [3.8, 4) is 5.75 Å². The van der Waals surface area contributed by atoms with Gasteiger partial charge in [-0.2, -0.15) is 0 Å². The first-order chi connectivity index (χ1) is 10.8. The van der Waals surface area contributed by atoms with Gasteiger partial charge >= 0.3 is 0 Å². The molecule has 0 aliphatic rings. The molecule has 0 spiro atoms. The molecule has 0 aliphatic carbocycles. The molecule has 0 radical (unpaired) electrons. The molecular formula is C18H23N3O2. The molecule has 1 amide bonds. The van der Waals surface area contributed by atoms with Gasteiger partial charge in [-0.15, -0.1) is 0 Å². The van der Waals surface area contributed by atoms with Crippen molar-refractivity contribution in [3.63, 3.8) is 0 Å². The molecule has 0 unspecified atom stereocenters. The highest BCUT2D eigenvalue weighted by Gasteiger charge is 2.11. The van der Waals surface area contributed by atoms with Gasteiger partial charge in [-0.3, -0.25) is 10.1 Å². The van der Waals surface area contributed by atoms with E-state index in [1.165, 1.54) is 0 Å². The van der Waals surface area contributed by atoms with Crippen molar-refractivity contribution in [2.24, 2.45) is 0 Å². The van der Waals surface area contributed by atoms with Gasteiger partial charge in [-0.25, -0.2) is 9.97 Å². The third-order valence-corrected chi connectivity index (χ3v) is 3.38. The van der Waals surface area contributed by atoms with Crippen LogP contribution in [0.25, 0.3) is 0 Å². The van der Waals surface area contributed by atoms with Crippen LogP contribution in [0.15, 0.2) is 24.3 Å². The van der Waals surface area contributed by atoms with Crippen molar-refractivity contribution in [2.75, 3.05) is 11.9 Å². The van der Waals surface area contributed by atoms with Crippen molar-refractivity contribution in [1.82, 2.24) is 9.97 Å². The Morgan fingerprint density at radius 3 is 2.39 bits per heavy atom. The minimum Gasteiger partial charge on any atom is -0.483 e. The van der Waals surface area contributed by atoms with E-state index < -0.39 is 0 Å². The molecule has 0 aliphatic heterocycles. The van der Waals surface area contributed by atoms with Crippen molar-refractivity contribution in [2.45, 2.75) is 40.5 Å². The van der Waals surface area contributed by atoms with E-state index in [0.29, 0.717) is 11.9 Å². The second-order valence-corrected chi connectivity index (χ2v) is 6.01. The molecule has 0 bridgehead atoms. The Morgan fingerprint density at radius 2 is 1.78 bits per heavy atom. The fourth-order valence-electron chi connectivity index (χ4n) is 2.33. The zero-order chi connectivity index (χ0) is 17.0. The van der Waals surface area contributed by atoms with Crippen molar-refractivity contribution < 1.29 is 9.53 Å². The highest BCUT2D eigenvalue weighted by Crippen LogP contribution is 2.27. The first kappa shape index (κ1) is 16.9. The number of nitrogens with one attached hydrogen (secondary N) is 1. The van der Waals surface area contributed by atoms with Gasteiger partial charge in [0, 0.05) is 11.4 Å². The monoisotopic (exact) mass is 313 g/mol. The van der Waals surface area contributed by atoms with E-state index in [-0.39, 0.29) is 12.5 Å². The molecule has 122 valence electrons. The van der Waals surface area contributed by atoms with Crippen molar-refractivity contribution in [1.29, 1.82) is 0 Å². The van der Waals surface area contributed by atoms with E-state index in [1.54, 1.807) is 0 Å². The Kier molecular flexibility index (Phi) is 5.32. The molecular weight excluding hydrogens is 290 g/mol. The number of nitrogens with zero attached hydrogens (tertiary/aromatic N) is 2. The van der Waals surface area contributed by atoms with Crippen LogP contribution in [-0.4, -0.2) is 22.5 Å². The molecule has 0 saturated heterocycles. The maximum Gasteiger partial charge on any atom is 0.264 e. The maximum absolute atomic E-state index is 12.1. The summed E-state index contributed by atoms with van der Waals surface area (Å²) in [5.41, 5.74) is 3.82. The third kappa shape index (κ3) is 4.77. The molecule has 5 heteroatoms. The zero-order valence-corrected chi connectivity index (χ0v) is 14.3. The average Bonchev–Trinajstić information content (AvgIpc) is 2.43. The summed E-state index contributed by atoms with van der Waals surface area (Å²) in [7, 11) is 0. The van der Waals surface area contributed by atoms with E-state index in [1.807, 2.05) is 45.0 Å². The lowest BCUT2D eigenvalue weighted by Gasteiger charge is -2.14. The van der Waals surface area contributed by atoms with Crippen molar-refractivity contribution in [3.05, 3.63) is 46.8 Å². The van der Waals surface area contributed by atoms with E-state index in [4.69, 9.17) is 4.74 Å². The Morgan fingerprint density at radius 1 is 1.13 bits per heavy atom. The van der Waals surface area contributed by atoms with Crippen LogP contribution >= 0.6 is 0 Å². The number of hydrogen-bond acceptors (Lipinski definition) is 4. The number of amides is 1. The Balaban J connectivity index is 2.03. The number of rotatable bonds is 5. The minimum absolute atomic E-state index is 0.0699. The maximum atomic E-state index is 12.1. The van der Waals surface area contributed by atoms with Gasteiger partial charge in [0.25, 0.3) is 5.91 Å². The predicted molar refractivity (Wildman–Crippen MR) is 90.9 cm³/mol. The van der Waals surface area contributed by atoms with Crippen LogP contribution in [0, 0.1) is 20.8 Å². The standard InChI is InChI=1S/C18H23N3O2/c1-11(2)15-7-6-12(3)8-16(15)23-10-17(22)21-18-19-13(4)9-14(5)20-18/h6-9,11H,10H2,1-5H3,(H,19,20,21,22). The van der Waals surface area contributed by atoms with Gasteiger partial charge in [0.15, 0.2) is 6.61 Å². The highest BCUT2D eigenvalue weighted by atomic mass is 16.5. The SMILES string of the molecule is Cc1ccc(C(C)C)c(OCC(=O)Nc2nc(C)cc(C)n2)c1. The second-order valence-electron chi connectivity index (χ2n) is 6.01. The minimum atomic E-state index is -0.272. The van der Waals surface area contributed by atoms with Gasteiger partial charge in [-0.1, -0.05) is 26.0 Å². The third-order valence-electron chi connectivity index (χ3n) is 3.38. The van der Waals surface area contributed by atoms with Crippen LogP contribution in [0.1, 0.15) is 42.3 Å². The topological polar surface area (TPSA) is 64.1 Å². The van der Waals surface area contributed by atoms with Gasteiger partial charge in [0.1, 0.15) is 5.75 Å². The Hall–Kier alpha value is -2.43. The molecule has 1 heterocycles. The number of benzene rings is 1. The number of carbonyl (C=O) groups is 1. The molecule has 2 rings (SSSR count). The quantitative estimate of drug-likeness (QED) is 0.917. The molecule has 0 saturated carbocycles. The number of ether oxygens (including phenoxy) is 1. The van der Waals surface area contributed by atoms with Gasteiger partial charge in [-0.05, 0) is 49.9 Å². The number of aromatic nitrogens is 2. The van der Waals surface area contributed by atoms with Crippen LogP contribution in [0.3, 0.4) is 0 Å². The number of anilines is 1. The fraction of sp³-hybridized carbons (Fsp3) is 0.389. The molecule has 2 aromatic rings. The Bertz CT molecular complexity index is 691. The second kappa shape index (κ2) is 7.22. The van der Waals surface area contributed by atoms with Crippen LogP contribution in [-0.2, 0) is 4.79 Å². The first-order valence-electron chi connectivity index (χ1n) is 7.70. The van der Waals surface area contributed by atoms with Crippen molar-refractivity contribution >= 4 is 11.9 Å². The lowest BCUT2D eigenvalue weighted by molar-refractivity contribution is -0.118. The van der Waals surface area contributed by atoms with Gasteiger partial charge in [0.05, 0.1) is 0 Å². The largest absolute Gasteiger partial charge is 0.483 e. The molecule has 1 N–H and O–H groups in total. The summed E-state index contributed by atoms with van der Waals surface area (Å²) < 4.78 is 5.71. The lowest BCUT2D eigenvalue weighted by atomic mass is 10.0. The molecule has 5 nitrogen and oxygen atoms in total. The molecule has 1 aromatic carbocycles. The predicted octanol–water partition coefficient (Wildman–Crippen LogP) is 3.54. The van der Waals surface area contributed by atoms with E-state index in [9.17, 15) is 4.79 Å². The number of hydrogen-bond donors (Lipinski definition) is 1. The lowest BCUT2D eigenvalue weighted by Crippen LogP contribution is -2.22. The summed E-state index contributed by atoms with van der Waals surface area (Å²) in [6.07, 6.45) is 0.